The van der Waals surface area contributed by atoms with Gasteiger partial charge in [0.25, 0.3) is 5.69 Å². The van der Waals surface area contributed by atoms with Crippen LogP contribution in [-0.2, 0) is 13.2 Å². The van der Waals surface area contributed by atoms with E-state index in [0.717, 1.165) is 31.7 Å². The van der Waals surface area contributed by atoms with E-state index in [1.165, 1.54) is 17.7 Å². The summed E-state index contributed by atoms with van der Waals surface area (Å²) in [5.74, 6) is 1.35. The Morgan fingerprint density at radius 2 is 1.93 bits per heavy atom. The van der Waals surface area contributed by atoms with Crippen molar-refractivity contribution < 1.29 is 14.4 Å². The molecule has 7 nitrogen and oxygen atoms in total. The van der Waals surface area contributed by atoms with Crippen LogP contribution >= 0.6 is 0 Å². The van der Waals surface area contributed by atoms with E-state index in [4.69, 9.17) is 9.47 Å². The predicted octanol–water partition coefficient (Wildman–Crippen LogP) is 2.98. The molecule has 0 spiro atoms. The SMILES string of the molecule is COc1ccc(CN2CCN[C@@H](C)C2)cc1OCc1ccc([N+](=O)[O-])cc1. The highest BCUT2D eigenvalue weighted by Gasteiger charge is 2.16. The van der Waals surface area contributed by atoms with Crippen molar-refractivity contribution in [2.24, 2.45) is 0 Å². The van der Waals surface area contributed by atoms with E-state index in [2.05, 4.69) is 23.2 Å². The van der Waals surface area contributed by atoms with Gasteiger partial charge in [-0.2, -0.15) is 0 Å². The number of piperazine rings is 1. The number of hydrogen-bond donors (Lipinski definition) is 1. The van der Waals surface area contributed by atoms with Gasteiger partial charge in [0.1, 0.15) is 6.61 Å². The average Bonchev–Trinajstić information content (AvgIpc) is 2.67. The zero-order valence-corrected chi connectivity index (χ0v) is 15.7. The number of non-ortho nitro benzene ring substituents is 1. The fraction of sp³-hybridized carbons (Fsp3) is 0.400. The Labute approximate surface area is 159 Å². The highest BCUT2D eigenvalue weighted by Crippen LogP contribution is 2.29. The molecule has 0 amide bonds. The number of rotatable bonds is 7. The Morgan fingerprint density at radius 1 is 1.19 bits per heavy atom. The van der Waals surface area contributed by atoms with Gasteiger partial charge in [0.15, 0.2) is 11.5 Å². The van der Waals surface area contributed by atoms with Crippen molar-refractivity contribution >= 4 is 5.69 Å². The van der Waals surface area contributed by atoms with Crippen LogP contribution in [0.25, 0.3) is 0 Å². The Balaban J connectivity index is 1.67. The molecule has 1 heterocycles. The molecule has 3 rings (SSSR count). The molecule has 0 aliphatic carbocycles. The number of methoxy groups -OCH3 is 1. The molecule has 2 aromatic rings. The van der Waals surface area contributed by atoms with E-state index in [-0.39, 0.29) is 5.69 Å². The minimum Gasteiger partial charge on any atom is -0.493 e. The highest BCUT2D eigenvalue weighted by molar-refractivity contribution is 5.43. The van der Waals surface area contributed by atoms with E-state index in [0.29, 0.717) is 24.1 Å². The number of hydrogen-bond acceptors (Lipinski definition) is 6. The van der Waals surface area contributed by atoms with Crippen LogP contribution in [-0.4, -0.2) is 42.6 Å². The first kappa shape index (κ1) is 19.1. The van der Waals surface area contributed by atoms with E-state index in [1.807, 2.05) is 12.1 Å². The quantitative estimate of drug-likeness (QED) is 0.596. The molecule has 1 fully saturated rings. The molecule has 27 heavy (non-hydrogen) atoms. The number of nitrogens with one attached hydrogen (secondary N) is 1. The molecule has 7 heteroatoms. The Morgan fingerprint density at radius 3 is 2.59 bits per heavy atom. The highest BCUT2D eigenvalue weighted by atomic mass is 16.6. The summed E-state index contributed by atoms with van der Waals surface area (Å²) in [6, 6.07) is 12.9. The summed E-state index contributed by atoms with van der Waals surface area (Å²) in [6.07, 6.45) is 0. The van der Waals surface area contributed by atoms with Crippen molar-refractivity contribution in [1.29, 1.82) is 0 Å². The third kappa shape index (κ3) is 5.18. The maximum absolute atomic E-state index is 10.7. The van der Waals surface area contributed by atoms with E-state index in [1.54, 1.807) is 19.2 Å². The fourth-order valence-corrected chi connectivity index (χ4v) is 3.22. The Hall–Kier alpha value is -2.64. The van der Waals surface area contributed by atoms with Gasteiger partial charge in [-0.25, -0.2) is 0 Å². The van der Waals surface area contributed by atoms with Gasteiger partial charge in [-0.3, -0.25) is 15.0 Å². The van der Waals surface area contributed by atoms with Crippen molar-refractivity contribution in [3.05, 3.63) is 63.7 Å². The first-order chi connectivity index (χ1) is 13.0. The molecule has 0 bridgehead atoms. The van der Waals surface area contributed by atoms with Gasteiger partial charge in [-0.05, 0) is 42.3 Å². The lowest BCUT2D eigenvalue weighted by Gasteiger charge is -2.31. The topological polar surface area (TPSA) is 76.9 Å². The van der Waals surface area contributed by atoms with E-state index in [9.17, 15) is 10.1 Å². The van der Waals surface area contributed by atoms with Crippen molar-refractivity contribution in [3.8, 4) is 11.5 Å². The van der Waals surface area contributed by atoms with Crippen molar-refractivity contribution in [1.82, 2.24) is 10.2 Å². The van der Waals surface area contributed by atoms with Crippen molar-refractivity contribution in [2.45, 2.75) is 26.1 Å². The minimum absolute atomic E-state index is 0.0728. The number of nitrogens with zero attached hydrogens (tertiary/aromatic N) is 2. The van der Waals surface area contributed by atoms with Crippen LogP contribution in [0.1, 0.15) is 18.1 Å². The lowest BCUT2D eigenvalue weighted by atomic mass is 10.1. The van der Waals surface area contributed by atoms with Crippen LogP contribution in [0, 0.1) is 10.1 Å². The van der Waals surface area contributed by atoms with E-state index < -0.39 is 4.92 Å². The van der Waals surface area contributed by atoms with Gasteiger partial charge in [0.05, 0.1) is 12.0 Å². The van der Waals surface area contributed by atoms with Crippen LogP contribution < -0.4 is 14.8 Å². The fourth-order valence-electron chi connectivity index (χ4n) is 3.22. The number of nitro groups is 1. The molecule has 1 aliphatic heterocycles. The smallest absolute Gasteiger partial charge is 0.269 e. The van der Waals surface area contributed by atoms with Gasteiger partial charge in [0.2, 0.25) is 0 Å². The molecule has 1 atom stereocenters. The summed E-state index contributed by atoms with van der Waals surface area (Å²) in [4.78, 5) is 12.8. The third-order valence-electron chi connectivity index (χ3n) is 4.63. The van der Waals surface area contributed by atoms with Gasteiger partial charge in [-0.1, -0.05) is 6.07 Å². The van der Waals surface area contributed by atoms with Crippen LogP contribution in [0.5, 0.6) is 11.5 Å². The molecule has 0 unspecified atom stereocenters. The minimum atomic E-state index is -0.409. The zero-order chi connectivity index (χ0) is 19.2. The second-order valence-corrected chi connectivity index (χ2v) is 6.79. The second-order valence-electron chi connectivity index (χ2n) is 6.79. The molecule has 1 saturated heterocycles. The first-order valence-electron chi connectivity index (χ1n) is 9.04. The summed E-state index contributed by atoms with van der Waals surface area (Å²) in [6.45, 7) is 6.42. The molecule has 0 radical (unpaired) electrons. The van der Waals surface area contributed by atoms with Crippen molar-refractivity contribution in [2.75, 3.05) is 26.7 Å². The summed E-state index contributed by atoms with van der Waals surface area (Å²) >= 11 is 0. The molecule has 1 aliphatic rings. The Kier molecular flexibility index (Phi) is 6.26. The Bertz CT molecular complexity index is 779. The normalized spacial score (nSPS) is 17.5. The maximum atomic E-state index is 10.7. The van der Waals surface area contributed by atoms with Crippen LogP contribution in [0.15, 0.2) is 42.5 Å². The average molecular weight is 371 g/mol. The molecular formula is C20H25N3O4. The third-order valence-corrected chi connectivity index (χ3v) is 4.63. The van der Waals surface area contributed by atoms with Crippen molar-refractivity contribution in [3.63, 3.8) is 0 Å². The maximum Gasteiger partial charge on any atom is 0.269 e. The van der Waals surface area contributed by atoms with Gasteiger partial charge in [0, 0.05) is 44.4 Å². The second kappa shape index (κ2) is 8.83. The number of ether oxygens (including phenoxy) is 2. The molecule has 2 aromatic carbocycles. The molecule has 0 saturated carbocycles. The van der Waals surface area contributed by atoms with Crippen LogP contribution in [0.3, 0.4) is 0 Å². The van der Waals surface area contributed by atoms with Crippen LogP contribution in [0.2, 0.25) is 0 Å². The lowest BCUT2D eigenvalue weighted by Crippen LogP contribution is -2.48. The summed E-state index contributed by atoms with van der Waals surface area (Å²) in [5.41, 5.74) is 2.11. The number of nitro benzene ring substituents is 1. The molecule has 0 aromatic heterocycles. The van der Waals surface area contributed by atoms with Gasteiger partial charge >= 0.3 is 0 Å². The number of benzene rings is 2. The lowest BCUT2D eigenvalue weighted by molar-refractivity contribution is -0.384. The molecule has 1 N–H and O–H groups in total. The monoisotopic (exact) mass is 371 g/mol. The summed E-state index contributed by atoms with van der Waals surface area (Å²) in [5, 5.41) is 14.2. The standard InChI is InChI=1S/C20H25N3O4/c1-15-12-22(10-9-21-15)13-17-5-8-19(26-2)20(11-17)27-14-16-3-6-18(7-4-16)23(24)25/h3-8,11,15,21H,9-10,12-14H2,1-2H3/t15-/m0/s1. The largest absolute Gasteiger partial charge is 0.493 e. The predicted molar refractivity (Wildman–Crippen MR) is 103 cm³/mol. The zero-order valence-electron chi connectivity index (χ0n) is 15.7. The molecule has 144 valence electrons. The summed E-state index contributed by atoms with van der Waals surface area (Å²) < 4.78 is 11.3. The first-order valence-corrected chi connectivity index (χ1v) is 9.04. The summed E-state index contributed by atoms with van der Waals surface area (Å²) in [7, 11) is 1.62. The molecular weight excluding hydrogens is 346 g/mol. The van der Waals surface area contributed by atoms with Gasteiger partial charge in [-0.15, -0.1) is 0 Å². The van der Waals surface area contributed by atoms with E-state index >= 15 is 0 Å². The van der Waals surface area contributed by atoms with Crippen LogP contribution in [0.4, 0.5) is 5.69 Å². The van der Waals surface area contributed by atoms with Gasteiger partial charge < -0.3 is 14.8 Å².